The van der Waals surface area contributed by atoms with E-state index < -0.39 is 0 Å². The quantitative estimate of drug-likeness (QED) is 0.463. The number of rotatable bonds is 0. The summed E-state index contributed by atoms with van der Waals surface area (Å²) in [5.74, 6) is -0.150. The van der Waals surface area contributed by atoms with Crippen LogP contribution in [0.15, 0.2) is 22.3 Å². The van der Waals surface area contributed by atoms with Gasteiger partial charge in [-0.1, -0.05) is 0 Å². The van der Waals surface area contributed by atoms with E-state index >= 15 is 0 Å². The van der Waals surface area contributed by atoms with Gasteiger partial charge in [0.15, 0.2) is 0 Å². The molecule has 1 aliphatic heterocycles. The van der Waals surface area contributed by atoms with Gasteiger partial charge in [0, 0.05) is 18.6 Å². The zero-order chi connectivity index (χ0) is 6.53. The van der Waals surface area contributed by atoms with Crippen molar-refractivity contribution in [1.29, 1.82) is 0 Å². The molecule has 0 bridgehead atoms. The zero-order valence-corrected chi connectivity index (χ0v) is 4.82. The molecule has 0 saturated carbocycles. The Kier molecular flexibility index (Phi) is 1.90. The lowest BCUT2D eigenvalue weighted by Crippen LogP contribution is -1.94. The number of nitrogens with zero attached hydrogens (tertiary/aromatic N) is 2. The van der Waals surface area contributed by atoms with Gasteiger partial charge in [0.05, 0.1) is 6.42 Å². The van der Waals surface area contributed by atoms with Crippen molar-refractivity contribution in [3.63, 3.8) is 0 Å². The molecule has 1 amide bonds. The summed E-state index contributed by atoms with van der Waals surface area (Å²) in [5.41, 5.74) is 0. The van der Waals surface area contributed by atoms with Crippen LogP contribution in [0.25, 0.3) is 0 Å². The van der Waals surface area contributed by atoms with Gasteiger partial charge in [-0.2, -0.15) is 0 Å². The second-order valence-corrected chi connectivity index (χ2v) is 1.55. The molecule has 46 valence electrons. The molecule has 3 nitrogen and oxygen atoms in total. The second kappa shape index (κ2) is 2.91. The Bertz CT molecular complexity index is 191. The van der Waals surface area contributed by atoms with E-state index in [1.807, 2.05) is 0 Å². The van der Waals surface area contributed by atoms with Crippen molar-refractivity contribution < 1.29 is 4.79 Å². The van der Waals surface area contributed by atoms with Crippen LogP contribution in [-0.2, 0) is 4.79 Å². The molecule has 3 heteroatoms. The molecule has 0 spiro atoms. The van der Waals surface area contributed by atoms with Crippen molar-refractivity contribution in [2.45, 2.75) is 6.42 Å². The van der Waals surface area contributed by atoms with Crippen LogP contribution < -0.4 is 0 Å². The van der Waals surface area contributed by atoms with Crippen LogP contribution in [0.3, 0.4) is 0 Å². The number of carbonyl (C=O) groups is 1. The summed E-state index contributed by atoms with van der Waals surface area (Å²) in [6.45, 7) is 0. The molecule has 1 heterocycles. The molecule has 0 fully saturated rings. The van der Waals surface area contributed by atoms with Gasteiger partial charge in [-0.25, -0.2) is 4.99 Å². The van der Waals surface area contributed by atoms with Crippen LogP contribution >= 0.6 is 0 Å². The molecule has 1 rings (SSSR count). The van der Waals surface area contributed by atoms with Gasteiger partial charge in [0.25, 0.3) is 5.91 Å². The van der Waals surface area contributed by atoms with E-state index in [1.165, 1.54) is 12.4 Å². The Morgan fingerprint density at radius 3 is 3.33 bits per heavy atom. The maximum atomic E-state index is 10.5. The number of carbonyl (C=O) groups excluding carboxylic acids is 1. The fourth-order valence-electron chi connectivity index (χ4n) is 0.459. The Balaban J connectivity index is 2.70. The molecule has 0 N–H and O–H groups in total. The third-order valence-corrected chi connectivity index (χ3v) is 0.848. The lowest BCUT2D eigenvalue weighted by Gasteiger charge is -1.86. The molecule has 0 aliphatic carbocycles. The Morgan fingerprint density at radius 2 is 2.44 bits per heavy atom. The van der Waals surface area contributed by atoms with E-state index in [2.05, 4.69) is 9.98 Å². The second-order valence-electron chi connectivity index (χ2n) is 1.55. The molecule has 0 saturated heterocycles. The summed E-state index contributed by atoms with van der Waals surface area (Å²) in [5, 5.41) is 0. The first-order valence-corrected chi connectivity index (χ1v) is 2.63. The third kappa shape index (κ3) is 1.99. The topological polar surface area (TPSA) is 41.8 Å². The number of amides is 1. The molecular weight excluding hydrogens is 116 g/mol. The predicted octanol–water partition coefficient (Wildman–Crippen LogP) is 0.572. The monoisotopic (exact) mass is 122 g/mol. The van der Waals surface area contributed by atoms with Crippen molar-refractivity contribution in [2.24, 2.45) is 9.98 Å². The van der Waals surface area contributed by atoms with Crippen LogP contribution in [0, 0.1) is 0 Å². The van der Waals surface area contributed by atoms with Crippen molar-refractivity contribution in [3.05, 3.63) is 12.3 Å². The molecule has 0 aromatic heterocycles. The summed E-state index contributed by atoms with van der Waals surface area (Å²) in [6, 6.07) is 0. The third-order valence-electron chi connectivity index (χ3n) is 0.848. The van der Waals surface area contributed by atoms with Crippen LogP contribution in [0.4, 0.5) is 0 Å². The van der Waals surface area contributed by atoms with Crippen LogP contribution in [0.5, 0.6) is 0 Å². The smallest absolute Gasteiger partial charge is 0.251 e. The lowest BCUT2D eigenvalue weighted by atomic mass is 10.4. The van der Waals surface area contributed by atoms with Crippen LogP contribution in [0.1, 0.15) is 6.42 Å². The molecule has 0 unspecified atom stereocenters. The van der Waals surface area contributed by atoms with E-state index in [-0.39, 0.29) is 5.91 Å². The van der Waals surface area contributed by atoms with Crippen molar-refractivity contribution >= 4 is 18.3 Å². The summed E-state index contributed by atoms with van der Waals surface area (Å²) in [7, 11) is 0. The summed E-state index contributed by atoms with van der Waals surface area (Å²) >= 11 is 0. The first-order valence-electron chi connectivity index (χ1n) is 2.63. The highest BCUT2D eigenvalue weighted by Crippen LogP contribution is 1.85. The van der Waals surface area contributed by atoms with Gasteiger partial charge in [-0.05, 0) is 6.08 Å². The molecule has 0 aromatic carbocycles. The Labute approximate surface area is 52.8 Å². The average molecular weight is 122 g/mol. The largest absolute Gasteiger partial charge is 0.272 e. The molecular formula is C6H6N2O. The van der Waals surface area contributed by atoms with Gasteiger partial charge >= 0.3 is 0 Å². The fourth-order valence-corrected chi connectivity index (χ4v) is 0.459. The minimum Gasteiger partial charge on any atom is -0.272 e. The molecule has 0 aromatic rings. The SMILES string of the molecule is O=C1CC=NC=CC=N1. The summed E-state index contributed by atoms with van der Waals surface area (Å²) < 4.78 is 0. The van der Waals surface area contributed by atoms with Gasteiger partial charge in [0.2, 0.25) is 0 Å². The normalized spacial score (nSPS) is 17.6. The van der Waals surface area contributed by atoms with Gasteiger partial charge in [0.1, 0.15) is 0 Å². The fraction of sp³-hybridized carbons (Fsp3) is 0.167. The zero-order valence-electron chi connectivity index (χ0n) is 4.82. The van der Waals surface area contributed by atoms with Gasteiger partial charge in [-0.15, -0.1) is 0 Å². The van der Waals surface area contributed by atoms with E-state index in [0.29, 0.717) is 6.42 Å². The molecule has 0 radical (unpaired) electrons. The summed E-state index contributed by atoms with van der Waals surface area (Å²) in [4.78, 5) is 17.8. The van der Waals surface area contributed by atoms with Gasteiger partial charge < -0.3 is 0 Å². The molecule has 9 heavy (non-hydrogen) atoms. The van der Waals surface area contributed by atoms with Crippen molar-refractivity contribution in [1.82, 2.24) is 0 Å². The first-order chi connectivity index (χ1) is 4.39. The van der Waals surface area contributed by atoms with E-state index in [4.69, 9.17) is 0 Å². The maximum absolute atomic E-state index is 10.5. The average Bonchev–Trinajstić information content (AvgIpc) is 1.79. The van der Waals surface area contributed by atoms with E-state index in [9.17, 15) is 4.79 Å². The van der Waals surface area contributed by atoms with Crippen molar-refractivity contribution in [2.75, 3.05) is 0 Å². The number of aliphatic imine (C=N–C) groups is 2. The highest BCUT2D eigenvalue weighted by atomic mass is 16.1. The van der Waals surface area contributed by atoms with Crippen molar-refractivity contribution in [3.8, 4) is 0 Å². The number of hydrogen-bond donors (Lipinski definition) is 0. The molecule has 1 aliphatic rings. The Hall–Kier alpha value is -1.25. The predicted molar refractivity (Wildman–Crippen MR) is 35.7 cm³/mol. The number of hydrogen-bond acceptors (Lipinski definition) is 2. The standard InChI is InChI=1S/C6H6N2O/c9-6-2-5-7-3-1-4-8-6/h1,3-5H,2H2. The molecule has 0 atom stereocenters. The van der Waals surface area contributed by atoms with E-state index in [1.54, 1.807) is 12.3 Å². The lowest BCUT2D eigenvalue weighted by molar-refractivity contribution is -0.116. The minimum atomic E-state index is -0.150. The van der Waals surface area contributed by atoms with E-state index in [0.717, 1.165) is 0 Å². The number of allylic oxidation sites excluding steroid dienone is 1. The van der Waals surface area contributed by atoms with Gasteiger partial charge in [-0.3, -0.25) is 9.79 Å². The van der Waals surface area contributed by atoms with Crippen LogP contribution in [-0.4, -0.2) is 18.3 Å². The summed E-state index contributed by atoms with van der Waals surface area (Å²) in [6.07, 6.45) is 6.50. The van der Waals surface area contributed by atoms with Crippen LogP contribution in [0.2, 0.25) is 0 Å². The maximum Gasteiger partial charge on any atom is 0.251 e. The first kappa shape index (κ1) is 5.88. The Morgan fingerprint density at radius 1 is 1.56 bits per heavy atom. The minimum absolute atomic E-state index is 0.150. The highest BCUT2D eigenvalue weighted by molar-refractivity contribution is 5.96. The highest BCUT2D eigenvalue weighted by Gasteiger charge is 1.92.